The van der Waals surface area contributed by atoms with Crippen LogP contribution in [-0.2, 0) is 16.1 Å². The zero-order chi connectivity index (χ0) is 29.7. The molecule has 1 aromatic carbocycles. The number of hydrogen-bond donors (Lipinski definition) is 1. The van der Waals surface area contributed by atoms with Crippen LogP contribution in [0.25, 0.3) is 0 Å². The van der Waals surface area contributed by atoms with Gasteiger partial charge < -0.3 is 19.9 Å². The number of unbranched alkanes of at least 4 members (excludes halogenated alkanes) is 1. The smallest absolute Gasteiger partial charge is 0.245 e. The quantitative estimate of drug-likeness (QED) is 0.168. The average Bonchev–Trinajstić information content (AvgIpc) is 2.96. The number of hydrazine groups is 1. The minimum Gasteiger partial charge on any atom is -0.497 e. The number of carbonyl (C=O) groups excluding carboxylic acids is 2. The summed E-state index contributed by atoms with van der Waals surface area (Å²) >= 11 is 0. The molecule has 1 unspecified atom stereocenters. The Morgan fingerprint density at radius 2 is 1.93 bits per heavy atom. The molecule has 2 atom stereocenters. The molecule has 222 valence electrons. The Kier molecular flexibility index (Phi) is 13.7. The highest BCUT2D eigenvalue weighted by atomic mass is 19.1. The fourth-order valence-electron chi connectivity index (χ4n) is 4.77. The third kappa shape index (κ3) is 8.55. The van der Waals surface area contributed by atoms with E-state index in [1.54, 1.807) is 23.0 Å². The Bertz CT molecular complexity index is 1030. The summed E-state index contributed by atoms with van der Waals surface area (Å²) < 4.78 is 32.9. The molecule has 40 heavy (non-hydrogen) atoms. The number of rotatable bonds is 17. The lowest BCUT2D eigenvalue weighted by molar-refractivity contribution is -0.167. The molecule has 1 N–H and O–H groups in total. The van der Waals surface area contributed by atoms with Crippen molar-refractivity contribution in [2.45, 2.75) is 65.2 Å². The summed E-state index contributed by atoms with van der Waals surface area (Å²) in [6.07, 6.45) is 5.29. The van der Waals surface area contributed by atoms with E-state index in [1.807, 2.05) is 62.1 Å². The van der Waals surface area contributed by atoms with Crippen molar-refractivity contribution in [3.05, 3.63) is 65.8 Å². The zero-order valence-corrected chi connectivity index (χ0v) is 24.5. The Hall–Kier alpha value is -3.40. The maximum Gasteiger partial charge on any atom is 0.245 e. The van der Waals surface area contributed by atoms with Crippen LogP contribution in [0.15, 0.2) is 60.2 Å². The van der Waals surface area contributed by atoms with Gasteiger partial charge in [-0.05, 0) is 36.6 Å². The monoisotopic (exact) mass is 561 g/mol. The first-order valence-corrected chi connectivity index (χ1v) is 13.9. The molecule has 10 heteroatoms. The van der Waals surface area contributed by atoms with E-state index < -0.39 is 24.7 Å². The molecule has 0 aromatic heterocycles. The lowest BCUT2D eigenvalue weighted by atomic mass is 10.0. The Labute approximate surface area is 237 Å². The van der Waals surface area contributed by atoms with E-state index in [4.69, 9.17) is 4.74 Å². The summed E-state index contributed by atoms with van der Waals surface area (Å²) in [5.74, 6) is 0.386. The van der Waals surface area contributed by atoms with Gasteiger partial charge in [-0.25, -0.2) is 13.8 Å². The molecule has 1 aliphatic heterocycles. The van der Waals surface area contributed by atoms with Gasteiger partial charge >= 0.3 is 0 Å². The minimum absolute atomic E-state index is 0.0176. The van der Waals surface area contributed by atoms with E-state index in [0.29, 0.717) is 31.8 Å². The number of allylic oxidation sites excluding steroid dienone is 2. The van der Waals surface area contributed by atoms with E-state index in [0.717, 1.165) is 36.6 Å². The fourth-order valence-corrected chi connectivity index (χ4v) is 4.77. The second-order valence-corrected chi connectivity index (χ2v) is 9.72. The number of carbonyl (C=O) groups is 2. The number of nitrogens with one attached hydrogen (secondary N) is 1. The van der Waals surface area contributed by atoms with Gasteiger partial charge in [-0.15, -0.1) is 0 Å². The summed E-state index contributed by atoms with van der Waals surface area (Å²) in [5, 5.41) is 7.17. The molecule has 0 radical (unpaired) electrons. The minimum atomic E-state index is -0.934. The Balaban J connectivity index is 2.42. The number of hydrogen-bond acceptors (Lipinski definition) is 6. The highest BCUT2D eigenvalue weighted by Crippen LogP contribution is 2.27. The molecule has 1 saturated heterocycles. The standard InChI is InChI=1S/C30H45F2N5O3/c1-7-10-12-28-30(39)35(20-25(11-8-2)27(32)17-18-31)21-29(36(28)22-38)37(34(5)9-3)23(4)33-19-24-13-15-26(40-6)16-14-24/h11,13-17,22,28-29,33H,4,7-10,12,18-21H2,1-3,5-6H3/b25-11-,27-17+/t28-,29?/m0/s1. The van der Waals surface area contributed by atoms with E-state index >= 15 is 0 Å². The van der Waals surface area contributed by atoms with Crippen LogP contribution < -0.4 is 10.1 Å². The van der Waals surface area contributed by atoms with Gasteiger partial charge in [0.2, 0.25) is 12.3 Å². The zero-order valence-electron chi connectivity index (χ0n) is 24.5. The first-order chi connectivity index (χ1) is 19.3. The number of halogens is 2. The predicted molar refractivity (Wildman–Crippen MR) is 154 cm³/mol. The molecule has 1 heterocycles. The van der Waals surface area contributed by atoms with Crippen LogP contribution in [0.1, 0.15) is 52.0 Å². The predicted octanol–water partition coefficient (Wildman–Crippen LogP) is 4.77. The SMILES string of the molecule is C=C(NCc1ccc(OC)cc1)N(C1CN(CC(=C/CC)/C(F)=C\CF)C(=O)[C@H](CCCC)N1C=O)N(C)CC. The molecule has 8 nitrogen and oxygen atoms in total. The number of benzene rings is 1. The Morgan fingerprint density at radius 1 is 1.23 bits per heavy atom. The van der Waals surface area contributed by atoms with E-state index in [2.05, 4.69) is 11.9 Å². The second-order valence-electron chi connectivity index (χ2n) is 9.72. The fraction of sp³-hybridized carbons (Fsp3) is 0.533. The third-order valence-corrected chi connectivity index (χ3v) is 7.05. The molecular formula is C30H45F2N5O3. The second kappa shape index (κ2) is 16.6. The van der Waals surface area contributed by atoms with Crippen LogP contribution in [-0.4, -0.2) is 84.8 Å². The molecular weight excluding hydrogens is 516 g/mol. The number of alkyl halides is 1. The van der Waals surface area contributed by atoms with Gasteiger partial charge in [0.25, 0.3) is 0 Å². The highest BCUT2D eigenvalue weighted by Gasteiger charge is 2.43. The summed E-state index contributed by atoms with van der Waals surface area (Å²) in [6, 6.07) is 6.95. The summed E-state index contributed by atoms with van der Waals surface area (Å²) in [6.45, 7) is 10.4. The molecule has 1 fully saturated rings. The molecule has 1 aromatic rings. The van der Waals surface area contributed by atoms with Gasteiger partial charge in [-0.3, -0.25) is 14.6 Å². The van der Waals surface area contributed by atoms with Gasteiger partial charge in [-0.2, -0.15) is 0 Å². The van der Waals surface area contributed by atoms with Crippen molar-refractivity contribution >= 4 is 12.3 Å². The maximum absolute atomic E-state index is 14.8. The van der Waals surface area contributed by atoms with Crippen molar-refractivity contribution in [3.63, 3.8) is 0 Å². The summed E-state index contributed by atoms with van der Waals surface area (Å²) in [7, 11) is 3.50. The normalized spacial score (nSPS) is 18.2. The number of amides is 2. The van der Waals surface area contributed by atoms with Gasteiger partial charge in [0.1, 0.15) is 36.3 Å². The number of piperazine rings is 1. The first kappa shape index (κ1) is 32.8. The van der Waals surface area contributed by atoms with Crippen molar-refractivity contribution < 1.29 is 23.1 Å². The van der Waals surface area contributed by atoms with Crippen LogP contribution in [0.2, 0.25) is 0 Å². The number of ether oxygens (including phenoxy) is 1. The summed E-state index contributed by atoms with van der Waals surface area (Å²) in [5.41, 5.74) is 1.27. The first-order valence-electron chi connectivity index (χ1n) is 13.9. The number of methoxy groups -OCH3 is 1. The topological polar surface area (TPSA) is 68.4 Å². The number of nitrogens with zero attached hydrogens (tertiary/aromatic N) is 4. The van der Waals surface area contributed by atoms with Crippen LogP contribution in [0.5, 0.6) is 5.75 Å². The van der Waals surface area contributed by atoms with Crippen LogP contribution in [0, 0.1) is 0 Å². The van der Waals surface area contributed by atoms with Crippen molar-refractivity contribution in [2.24, 2.45) is 0 Å². The van der Waals surface area contributed by atoms with Gasteiger partial charge in [0, 0.05) is 32.3 Å². The third-order valence-electron chi connectivity index (χ3n) is 7.05. The van der Waals surface area contributed by atoms with E-state index in [1.165, 1.54) is 0 Å². The summed E-state index contributed by atoms with van der Waals surface area (Å²) in [4.78, 5) is 29.3. The van der Waals surface area contributed by atoms with Crippen LogP contribution >= 0.6 is 0 Å². The maximum atomic E-state index is 14.8. The van der Waals surface area contributed by atoms with E-state index in [-0.39, 0.29) is 24.6 Å². The van der Waals surface area contributed by atoms with Gasteiger partial charge in [-0.1, -0.05) is 58.4 Å². The van der Waals surface area contributed by atoms with Gasteiger partial charge in [0.15, 0.2) is 0 Å². The molecule has 0 spiro atoms. The van der Waals surface area contributed by atoms with Crippen molar-refractivity contribution in [1.82, 2.24) is 25.1 Å². The van der Waals surface area contributed by atoms with E-state index in [9.17, 15) is 18.4 Å². The molecule has 0 saturated carbocycles. The lowest BCUT2D eigenvalue weighted by Crippen LogP contribution is -2.68. The molecule has 2 rings (SSSR count). The lowest BCUT2D eigenvalue weighted by Gasteiger charge is -2.51. The average molecular weight is 562 g/mol. The molecule has 0 aliphatic carbocycles. The molecule has 2 amide bonds. The van der Waals surface area contributed by atoms with Gasteiger partial charge in [0.05, 0.1) is 13.7 Å². The van der Waals surface area contributed by atoms with Crippen molar-refractivity contribution in [1.29, 1.82) is 0 Å². The van der Waals surface area contributed by atoms with Crippen molar-refractivity contribution in [3.8, 4) is 5.75 Å². The molecule has 1 aliphatic rings. The van der Waals surface area contributed by atoms with Crippen LogP contribution in [0.3, 0.4) is 0 Å². The highest BCUT2D eigenvalue weighted by molar-refractivity contribution is 5.85. The van der Waals surface area contributed by atoms with Crippen LogP contribution in [0.4, 0.5) is 8.78 Å². The largest absolute Gasteiger partial charge is 0.497 e. The molecule has 0 bridgehead atoms. The van der Waals surface area contributed by atoms with Crippen molar-refractivity contribution in [2.75, 3.05) is 40.5 Å². The Morgan fingerprint density at radius 3 is 2.48 bits per heavy atom.